The molecule has 1 rings (SSSR count). The summed E-state index contributed by atoms with van der Waals surface area (Å²) in [5, 5.41) is 54.3. The fraction of sp³-hybridized carbons (Fsp3) is 0.788. The zero-order valence-electron chi connectivity index (χ0n) is 38.9. The zero-order chi connectivity index (χ0) is 44.4. The first kappa shape index (κ1) is 56.9. The number of carbonyl (C=O) groups excluding carboxylic acids is 1. The lowest BCUT2D eigenvalue weighted by Crippen LogP contribution is -2.60. The molecule has 0 aromatic rings. The van der Waals surface area contributed by atoms with E-state index in [-0.39, 0.29) is 12.5 Å². The van der Waals surface area contributed by atoms with Crippen LogP contribution in [0.2, 0.25) is 0 Å². The van der Waals surface area contributed by atoms with E-state index >= 15 is 0 Å². The molecule has 1 saturated heterocycles. The largest absolute Gasteiger partial charge is 0.394 e. The van der Waals surface area contributed by atoms with Crippen LogP contribution in [0.1, 0.15) is 206 Å². The van der Waals surface area contributed by atoms with E-state index in [2.05, 4.69) is 67.8 Å². The molecule has 1 aliphatic heterocycles. The third-order valence-electron chi connectivity index (χ3n) is 11.6. The number of aliphatic hydroxyl groups excluding tert-OH is 5. The molecular formula is C52H93NO8. The Morgan fingerprint density at radius 2 is 1.02 bits per heavy atom. The first-order valence-electron chi connectivity index (χ1n) is 25.0. The maximum Gasteiger partial charge on any atom is 0.220 e. The highest BCUT2D eigenvalue weighted by Crippen LogP contribution is 2.23. The van der Waals surface area contributed by atoms with Crippen LogP contribution in [0, 0.1) is 0 Å². The SMILES string of the molecule is CC/C=C\C/C=C\C/C=C\C/C=C\CCCCC(=O)NC(COC1OC(CO)C(O)C(O)C1O)C(O)/C=C/CCCCCCCCCCCCCCCCCCCCCCC. The number of carbonyl (C=O) groups is 1. The predicted molar refractivity (Wildman–Crippen MR) is 253 cm³/mol. The number of hydrogen-bond donors (Lipinski definition) is 6. The van der Waals surface area contributed by atoms with E-state index in [0.717, 1.165) is 57.8 Å². The number of amides is 1. The monoisotopic (exact) mass is 860 g/mol. The number of nitrogens with one attached hydrogen (secondary N) is 1. The van der Waals surface area contributed by atoms with Gasteiger partial charge in [-0.25, -0.2) is 0 Å². The highest BCUT2D eigenvalue weighted by molar-refractivity contribution is 5.76. The van der Waals surface area contributed by atoms with Crippen LogP contribution >= 0.6 is 0 Å². The molecular weight excluding hydrogens is 767 g/mol. The molecule has 0 aromatic heterocycles. The van der Waals surface area contributed by atoms with E-state index in [4.69, 9.17) is 9.47 Å². The van der Waals surface area contributed by atoms with Gasteiger partial charge in [0.2, 0.25) is 5.91 Å². The van der Waals surface area contributed by atoms with Crippen LogP contribution in [0.5, 0.6) is 0 Å². The lowest BCUT2D eigenvalue weighted by Gasteiger charge is -2.40. The Morgan fingerprint density at radius 3 is 1.51 bits per heavy atom. The average molecular weight is 860 g/mol. The molecule has 61 heavy (non-hydrogen) atoms. The van der Waals surface area contributed by atoms with Crippen molar-refractivity contribution in [3.8, 4) is 0 Å². The quantitative estimate of drug-likeness (QED) is 0.0263. The standard InChI is InChI=1S/C52H93NO8/c1-3-5-7-9-11-13-15-17-19-20-21-22-23-24-25-26-28-29-31-33-35-37-39-41-46(55)45(44-60-52-51(59)50(58)49(57)47(43-54)61-52)53-48(56)42-40-38-36-34-32-30-27-18-16-14-12-10-8-6-4-2/h6,8,12,14,18,27,32,34,39,41,45-47,49-52,54-55,57-59H,3-5,7,9-11,13,15-17,19-26,28-31,33,35-38,40,42-44H2,1-2H3,(H,53,56)/b8-6-,14-12-,27-18-,34-32-,41-39+. The molecule has 9 heteroatoms. The molecule has 0 saturated carbocycles. The summed E-state index contributed by atoms with van der Waals surface area (Å²) >= 11 is 0. The third kappa shape index (κ3) is 32.2. The van der Waals surface area contributed by atoms with Gasteiger partial charge in [0.25, 0.3) is 0 Å². The number of hydrogen-bond acceptors (Lipinski definition) is 8. The summed E-state index contributed by atoms with van der Waals surface area (Å²) in [6.45, 7) is 3.64. The zero-order valence-corrected chi connectivity index (χ0v) is 38.9. The van der Waals surface area contributed by atoms with Crippen LogP contribution in [0.25, 0.3) is 0 Å². The van der Waals surface area contributed by atoms with E-state index in [9.17, 15) is 30.3 Å². The van der Waals surface area contributed by atoms with Crippen molar-refractivity contribution in [2.75, 3.05) is 13.2 Å². The Hall–Kier alpha value is -2.11. The summed E-state index contributed by atoms with van der Waals surface area (Å²) in [7, 11) is 0. The molecule has 0 bridgehead atoms. The maximum absolute atomic E-state index is 13.0. The molecule has 0 aliphatic carbocycles. The fourth-order valence-electron chi connectivity index (χ4n) is 7.62. The Kier molecular flexibility index (Phi) is 39.1. The van der Waals surface area contributed by atoms with Crippen molar-refractivity contribution in [1.29, 1.82) is 0 Å². The lowest BCUT2D eigenvalue weighted by atomic mass is 9.99. The van der Waals surface area contributed by atoms with Crippen molar-refractivity contribution in [3.63, 3.8) is 0 Å². The van der Waals surface area contributed by atoms with E-state index in [1.54, 1.807) is 6.08 Å². The lowest BCUT2D eigenvalue weighted by molar-refractivity contribution is -0.302. The van der Waals surface area contributed by atoms with Gasteiger partial charge in [-0.15, -0.1) is 0 Å². The first-order valence-corrected chi connectivity index (χ1v) is 25.0. The highest BCUT2D eigenvalue weighted by Gasteiger charge is 2.44. The number of allylic oxidation sites excluding steroid dienone is 9. The van der Waals surface area contributed by atoms with Crippen LogP contribution in [0.3, 0.4) is 0 Å². The fourth-order valence-corrected chi connectivity index (χ4v) is 7.62. The van der Waals surface area contributed by atoms with Crippen LogP contribution in [0.15, 0.2) is 60.8 Å². The smallest absolute Gasteiger partial charge is 0.220 e. The topological polar surface area (TPSA) is 149 Å². The molecule has 354 valence electrons. The molecule has 1 fully saturated rings. The summed E-state index contributed by atoms with van der Waals surface area (Å²) in [5.74, 6) is -0.218. The second-order valence-electron chi connectivity index (χ2n) is 17.2. The molecule has 0 spiro atoms. The second kappa shape index (κ2) is 41.9. The summed E-state index contributed by atoms with van der Waals surface area (Å²) in [4.78, 5) is 13.0. The molecule has 1 amide bonds. The van der Waals surface area contributed by atoms with Crippen LogP contribution in [-0.2, 0) is 14.3 Å². The van der Waals surface area contributed by atoms with Crippen molar-refractivity contribution in [2.24, 2.45) is 0 Å². The third-order valence-corrected chi connectivity index (χ3v) is 11.6. The highest BCUT2D eigenvalue weighted by atomic mass is 16.7. The van der Waals surface area contributed by atoms with E-state index in [1.165, 1.54) is 122 Å². The Balaban J connectivity index is 2.32. The van der Waals surface area contributed by atoms with E-state index < -0.39 is 49.5 Å². The van der Waals surface area contributed by atoms with Gasteiger partial charge in [0.1, 0.15) is 24.4 Å². The van der Waals surface area contributed by atoms with Gasteiger partial charge >= 0.3 is 0 Å². The molecule has 0 aromatic carbocycles. The van der Waals surface area contributed by atoms with Crippen LogP contribution in [0.4, 0.5) is 0 Å². The molecule has 6 N–H and O–H groups in total. The van der Waals surface area contributed by atoms with Gasteiger partial charge in [-0.3, -0.25) is 4.79 Å². The number of ether oxygens (including phenoxy) is 2. The van der Waals surface area contributed by atoms with Gasteiger partial charge in [-0.05, 0) is 57.8 Å². The van der Waals surface area contributed by atoms with E-state index in [1.807, 2.05) is 6.08 Å². The molecule has 1 aliphatic rings. The number of aliphatic hydroxyl groups is 5. The second-order valence-corrected chi connectivity index (χ2v) is 17.2. The summed E-state index contributed by atoms with van der Waals surface area (Å²) in [6.07, 6.45) is 48.5. The van der Waals surface area contributed by atoms with Crippen LogP contribution in [-0.4, -0.2) is 87.5 Å². The average Bonchev–Trinajstić information content (AvgIpc) is 3.26. The van der Waals surface area contributed by atoms with Gasteiger partial charge in [-0.1, -0.05) is 203 Å². The Bertz CT molecular complexity index is 1140. The number of rotatable bonds is 41. The van der Waals surface area contributed by atoms with Crippen molar-refractivity contribution in [1.82, 2.24) is 5.32 Å². The van der Waals surface area contributed by atoms with Crippen LogP contribution < -0.4 is 5.32 Å². The first-order chi connectivity index (χ1) is 29.8. The number of unbranched alkanes of at least 4 members (excludes halogenated alkanes) is 23. The van der Waals surface area contributed by atoms with Gasteiger partial charge in [0, 0.05) is 6.42 Å². The molecule has 1 heterocycles. The van der Waals surface area contributed by atoms with Gasteiger partial charge in [-0.2, -0.15) is 0 Å². The van der Waals surface area contributed by atoms with Gasteiger partial charge in [0.05, 0.1) is 25.4 Å². The molecule has 7 unspecified atom stereocenters. The summed E-state index contributed by atoms with van der Waals surface area (Å²) in [5.41, 5.74) is 0. The summed E-state index contributed by atoms with van der Waals surface area (Å²) in [6, 6.07) is -0.829. The van der Waals surface area contributed by atoms with Crippen molar-refractivity contribution in [2.45, 2.75) is 249 Å². The maximum atomic E-state index is 13.0. The van der Waals surface area contributed by atoms with Crippen molar-refractivity contribution < 1.29 is 39.8 Å². The predicted octanol–water partition coefficient (Wildman–Crippen LogP) is 11.2. The molecule has 9 nitrogen and oxygen atoms in total. The minimum atomic E-state index is -1.58. The Labute approximate surface area is 373 Å². The molecule has 7 atom stereocenters. The van der Waals surface area contributed by atoms with Gasteiger partial charge in [0.15, 0.2) is 6.29 Å². The van der Waals surface area contributed by atoms with Crippen molar-refractivity contribution in [3.05, 3.63) is 60.8 Å². The van der Waals surface area contributed by atoms with E-state index in [0.29, 0.717) is 12.8 Å². The van der Waals surface area contributed by atoms with Gasteiger partial charge < -0.3 is 40.3 Å². The molecule has 0 radical (unpaired) electrons. The van der Waals surface area contributed by atoms with Crippen molar-refractivity contribution >= 4 is 5.91 Å². The normalized spacial score (nSPS) is 20.9. The Morgan fingerprint density at radius 1 is 0.574 bits per heavy atom. The minimum Gasteiger partial charge on any atom is -0.394 e. The minimum absolute atomic E-state index is 0.207. The summed E-state index contributed by atoms with van der Waals surface area (Å²) < 4.78 is 11.2.